The first-order chi connectivity index (χ1) is 17.0. The Morgan fingerprint density at radius 1 is 1.26 bits per heavy atom. The van der Waals surface area contributed by atoms with Gasteiger partial charge in [-0.05, 0) is 44.5 Å². The fourth-order valence-electron chi connectivity index (χ4n) is 4.58. The zero-order valence-electron chi connectivity index (χ0n) is 19.7. The van der Waals surface area contributed by atoms with Crippen LogP contribution in [0.25, 0.3) is 10.9 Å². The first-order valence-corrected chi connectivity index (χ1v) is 11.6. The van der Waals surface area contributed by atoms with Crippen molar-refractivity contribution < 1.29 is 14.5 Å². The Morgan fingerprint density at radius 2 is 2.00 bits per heavy atom. The van der Waals surface area contributed by atoms with Crippen molar-refractivity contribution in [2.75, 3.05) is 25.0 Å². The van der Waals surface area contributed by atoms with Gasteiger partial charge in [0.15, 0.2) is 5.82 Å². The molecule has 4 aromatic rings. The Kier molecular flexibility index (Phi) is 6.43. The number of carbonyl (C=O) groups is 1. The highest BCUT2D eigenvalue weighted by molar-refractivity contribution is 5.92. The second-order valence-electron chi connectivity index (χ2n) is 8.94. The number of fused-ring (bicyclic) bond motifs is 1. The molecule has 0 aliphatic carbocycles. The lowest BCUT2D eigenvalue weighted by atomic mass is 9.95. The molecule has 0 spiro atoms. The van der Waals surface area contributed by atoms with Gasteiger partial charge in [-0.15, -0.1) is 0 Å². The second-order valence-corrected chi connectivity index (χ2v) is 8.94. The molecule has 1 saturated heterocycles. The van der Waals surface area contributed by atoms with Gasteiger partial charge in [0.2, 0.25) is 11.8 Å². The van der Waals surface area contributed by atoms with E-state index in [2.05, 4.69) is 61.2 Å². The summed E-state index contributed by atoms with van der Waals surface area (Å²) in [6.45, 7) is 5.38. The topological polar surface area (TPSA) is 136 Å². The highest BCUT2D eigenvalue weighted by atomic mass is 16.5. The van der Waals surface area contributed by atoms with Gasteiger partial charge < -0.3 is 14.4 Å². The molecule has 1 aliphatic heterocycles. The number of anilines is 1. The maximum atomic E-state index is 11.4. The molecule has 1 aliphatic rings. The standard InChI is InChI=1S/C24H28N8O3/c1-15-19(18-5-3-4-6-20(18)27-15)13-32-9-7-16(8-10-32)22-28-21(35-30-22)14-31(2)24-25-11-17(12-26-24)23(33)29-34/h3-6,11-12,16,27,34H,7-10,13-14H2,1-2H3,(H,29,33). The van der Waals surface area contributed by atoms with E-state index in [0.717, 1.165) is 38.3 Å². The average Bonchev–Trinajstić information content (AvgIpc) is 3.48. The zero-order valence-corrected chi connectivity index (χ0v) is 19.7. The minimum absolute atomic E-state index is 0.163. The monoisotopic (exact) mass is 476 g/mol. The van der Waals surface area contributed by atoms with Gasteiger partial charge in [-0.25, -0.2) is 15.4 Å². The fraction of sp³-hybridized carbons (Fsp3) is 0.375. The van der Waals surface area contributed by atoms with Crippen molar-refractivity contribution in [2.24, 2.45) is 0 Å². The van der Waals surface area contributed by atoms with Crippen molar-refractivity contribution in [3.63, 3.8) is 0 Å². The van der Waals surface area contributed by atoms with Gasteiger partial charge in [0.05, 0.1) is 12.1 Å². The highest BCUT2D eigenvalue weighted by Crippen LogP contribution is 2.29. The van der Waals surface area contributed by atoms with E-state index in [9.17, 15) is 4.79 Å². The Hall–Kier alpha value is -3.83. The largest absolute Gasteiger partial charge is 0.358 e. The molecule has 0 bridgehead atoms. The molecule has 0 atom stereocenters. The van der Waals surface area contributed by atoms with E-state index in [-0.39, 0.29) is 11.5 Å². The summed E-state index contributed by atoms with van der Waals surface area (Å²) in [7, 11) is 1.80. The van der Waals surface area contributed by atoms with Gasteiger partial charge in [-0.3, -0.25) is 14.9 Å². The third-order valence-corrected chi connectivity index (χ3v) is 6.56. The predicted molar refractivity (Wildman–Crippen MR) is 128 cm³/mol. The molecule has 35 heavy (non-hydrogen) atoms. The van der Waals surface area contributed by atoms with E-state index in [1.54, 1.807) is 17.4 Å². The van der Waals surface area contributed by atoms with Crippen LogP contribution >= 0.6 is 0 Å². The number of carbonyl (C=O) groups excluding carboxylic acids is 1. The first-order valence-electron chi connectivity index (χ1n) is 11.6. The molecule has 0 unspecified atom stereocenters. The number of piperidine rings is 1. The van der Waals surface area contributed by atoms with Gasteiger partial charge in [0.25, 0.3) is 5.91 Å². The van der Waals surface area contributed by atoms with Crippen LogP contribution in [-0.2, 0) is 13.1 Å². The molecule has 0 radical (unpaired) electrons. The van der Waals surface area contributed by atoms with E-state index >= 15 is 0 Å². The molecule has 3 aromatic heterocycles. The summed E-state index contributed by atoms with van der Waals surface area (Å²) in [6, 6.07) is 8.46. The van der Waals surface area contributed by atoms with Crippen molar-refractivity contribution >= 4 is 22.8 Å². The van der Waals surface area contributed by atoms with Crippen LogP contribution in [0.15, 0.2) is 41.2 Å². The maximum Gasteiger partial charge on any atom is 0.277 e. The minimum Gasteiger partial charge on any atom is -0.358 e. The number of H-pyrrole nitrogens is 1. The minimum atomic E-state index is -0.664. The number of rotatable bonds is 7. The molecule has 0 saturated carbocycles. The summed E-state index contributed by atoms with van der Waals surface area (Å²) in [6.07, 6.45) is 4.64. The summed E-state index contributed by atoms with van der Waals surface area (Å²) >= 11 is 0. The molecule has 11 heteroatoms. The fourth-order valence-corrected chi connectivity index (χ4v) is 4.58. The number of likely N-dealkylation sites (tertiary alicyclic amines) is 1. The summed E-state index contributed by atoms with van der Waals surface area (Å²) in [4.78, 5) is 32.1. The van der Waals surface area contributed by atoms with E-state index in [0.29, 0.717) is 18.4 Å². The Bertz CT molecular complexity index is 1310. The molecule has 182 valence electrons. The quantitative estimate of drug-likeness (QED) is 0.272. The van der Waals surface area contributed by atoms with Gasteiger partial charge in [-0.2, -0.15) is 4.98 Å². The van der Waals surface area contributed by atoms with Crippen molar-refractivity contribution in [3.8, 4) is 0 Å². The van der Waals surface area contributed by atoms with Crippen molar-refractivity contribution in [1.29, 1.82) is 0 Å². The predicted octanol–water partition coefficient (Wildman–Crippen LogP) is 2.78. The lowest BCUT2D eigenvalue weighted by molar-refractivity contribution is 0.0705. The molecule has 3 N–H and O–H groups in total. The Balaban J connectivity index is 1.16. The molecule has 11 nitrogen and oxygen atoms in total. The second kappa shape index (κ2) is 9.80. The number of aromatic amines is 1. The van der Waals surface area contributed by atoms with Crippen LogP contribution < -0.4 is 10.4 Å². The van der Waals surface area contributed by atoms with Gasteiger partial charge >= 0.3 is 0 Å². The van der Waals surface area contributed by atoms with Crippen LogP contribution in [0.3, 0.4) is 0 Å². The van der Waals surface area contributed by atoms with Crippen molar-refractivity contribution in [1.82, 2.24) is 35.5 Å². The third-order valence-electron chi connectivity index (χ3n) is 6.56. The van der Waals surface area contributed by atoms with Crippen molar-refractivity contribution in [3.05, 3.63) is 65.2 Å². The molecule has 1 fully saturated rings. The van der Waals surface area contributed by atoms with Crippen LogP contribution in [-0.4, -0.2) is 61.2 Å². The molecule has 5 rings (SSSR count). The number of aromatic nitrogens is 5. The zero-order chi connectivity index (χ0) is 24.4. The summed E-state index contributed by atoms with van der Waals surface area (Å²) in [5.74, 6) is 1.24. The van der Waals surface area contributed by atoms with Gasteiger partial charge in [0.1, 0.15) is 0 Å². The molecule has 1 amide bonds. The number of amides is 1. The number of nitrogens with zero attached hydrogens (tertiary/aromatic N) is 6. The molecular weight excluding hydrogens is 448 g/mol. The number of hydrogen-bond acceptors (Lipinski definition) is 9. The first kappa shape index (κ1) is 22.9. The van der Waals surface area contributed by atoms with Crippen LogP contribution in [0.2, 0.25) is 0 Å². The maximum absolute atomic E-state index is 11.4. The number of para-hydroxylation sites is 1. The number of hydrogen-bond donors (Lipinski definition) is 3. The van der Waals surface area contributed by atoms with E-state index in [1.165, 1.54) is 34.6 Å². The van der Waals surface area contributed by atoms with Crippen molar-refractivity contribution in [2.45, 2.75) is 38.8 Å². The Labute approximate surface area is 202 Å². The number of hydroxylamine groups is 1. The van der Waals surface area contributed by atoms with Crippen LogP contribution in [0.4, 0.5) is 5.95 Å². The van der Waals surface area contributed by atoms with E-state index < -0.39 is 5.91 Å². The highest BCUT2D eigenvalue weighted by Gasteiger charge is 2.26. The summed E-state index contributed by atoms with van der Waals surface area (Å²) < 4.78 is 5.49. The number of nitrogens with one attached hydrogen (secondary N) is 2. The van der Waals surface area contributed by atoms with Crippen LogP contribution in [0, 0.1) is 6.92 Å². The number of benzene rings is 1. The SMILES string of the molecule is Cc1[nH]c2ccccc2c1CN1CCC(c2noc(CN(C)c3ncc(C(=O)NO)cn3)n2)CC1. The third kappa shape index (κ3) is 4.86. The lowest BCUT2D eigenvalue weighted by Crippen LogP contribution is -2.33. The van der Waals surface area contributed by atoms with E-state index in [1.807, 2.05) is 0 Å². The summed E-state index contributed by atoms with van der Waals surface area (Å²) in [5.41, 5.74) is 5.51. The Morgan fingerprint density at radius 3 is 2.74 bits per heavy atom. The van der Waals surface area contributed by atoms with Crippen LogP contribution in [0.1, 0.15) is 52.1 Å². The van der Waals surface area contributed by atoms with Crippen LogP contribution in [0.5, 0.6) is 0 Å². The molecular formula is C24H28N8O3. The van der Waals surface area contributed by atoms with Gasteiger partial charge in [0, 0.05) is 48.5 Å². The average molecular weight is 477 g/mol. The van der Waals surface area contributed by atoms with E-state index in [4.69, 9.17) is 9.73 Å². The smallest absolute Gasteiger partial charge is 0.277 e. The van der Waals surface area contributed by atoms with Gasteiger partial charge in [-0.1, -0.05) is 23.4 Å². The molecule has 1 aromatic carbocycles. The lowest BCUT2D eigenvalue weighted by Gasteiger charge is -2.30. The normalized spacial score (nSPS) is 14.9. The number of aryl methyl sites for hydroxylation is 1. The summed E-state index contributed by atoms with van der Waals surface area (Å²) in [5, 5.41) is 14.2. The molecule has 4 heterocycles.